The maximum absolute atomic E-state index is 13.9. The Balaban J connectivity index is 2.09. The van der Waals surface area contributed by atoms with E-state index in [4.69, 9.17) is 14.0 Å². The summed E-state index contributed by atoms with van der Waals surface area (Å²) in [5.41, 5.74) is -0.0571. The molecule has 1 amide bonds. The Morgan fingerprint density at radius 2 is 2.17 bits per heavy atom. The third-order valence-electron chi connectivity index (χ3n) is 3.33. The van der Waals surface area contributed by atoms with Crippen LogP contribution in [0.2, 0.25) is 0 Å². The zero-order valence-electron chi connectivity index (χ0n) is 13.4. The van der Waals surface area contributed by atoms with Gasteiger partial charge in [0, 0.05) is 20.2 Å². The Kier molecular flexibility index (Phi) is 5.28. The number of amides is 1. The van der Waals surface area contributed by atoms with Crippen molar-refractivity contribution in [3.8, 4) is 5.75 Å². The van der Waals surface area contributed by atoms with E-state index >= 15 is 0 Å². The van der Waals surface area contributed by atoms with Gasteiger partial charge in [0.15, 0.2) is 5.82 Å². The quantitative estimate of drug-likeness (QED) is 0.811. The van der Waals surface area contributed by atoms with Gasteiger partial charge in [-0.15, -0.1) is 0 Å². The monoisotopic (exact) mass is 323 g/mol. The molecule has 0 aliphatic carbocycles. The Bertz CT molecular complexity index is 689. The molecule has 0 saturated heterocycles. The number of nitrogens with zero attached hydrogens (tertiary/aromatic N) is 3. The number of benzene rings is 1. The van der Waals surface area contributed by atoms with E-state index in [1.165, 1.54) is 38.3 Å². The second-order valence-corrected chi connectivity index (χ2v) is 4.93. The summed E-state index contributed by atoms with van der Waals surface area (Å²) in [6.45, 7) is 1.84. The van der Waals surface area contributed by atoms with E-state index in [0.29, 0.717) is 11.6 Å². The van der Waals surface area contributed by atoms with Crippen LogP contribution in [0, 0.1) is 5.82 Å². The molecule has 0 aliphatic rings. The highest BCUT2D eigenvalue weighted by atomic mass is 19.1. The highest BCUT2D eigenvalue weighted by molar-refractivity contribution is 5.94. The van der Waals surface area contributed by atoms with Gasteiger partial charge in [0.1, 0.15) is 17.7 Å². The van der Waals surface area contributed by atoms with Crippen LogP contribution in [0.5, 0.6) is 5.75 Å². The molecule has 0 saturated carbocycles. The second kappa shape index (κ2) is 7.19. The van der Waals surface area contributed by atoms with Crippen molar-refractivity contribution < 1.29 is 23.2 Å². The lowest BCUT2D eigenvalue weighted by molar-refractivity contribution is 0.0764. The van der Waals surface area contributed by atoms with Crippen molar-refractivity contribution in [2.45, 2.75) is 19.6 Å². The van der Waals surface area contributed by atoms with E-state index in [2.05, 4.69) is 10.1 Å². The minimum atomic E-state index is -0.652. The lowest BCUT2D eigenvalue weighted by Gasteiger charge is -2.15. The van der Waals surface area contributed by atoms with Gasteiger partial charge in [0.05, 0.1) is 19.2 Å². The van der Waals surface area contributed by atoms with E-state index in [-0.39, 0.29) is 24.1 Å². The van der Waals surface area contributed by atoms with Crippen LogP contribution in [0.3, 0.4) is 0 Å². The molecule has 0 aliphatic heterocycles. The molecule has 0 spiro atoms. The molecule has 1 aromatic heterocycles. The van der Waals surface area contributed by atoms with E-state index in [1.807, 2.05) is 0 Å². The Labute approximate surface area is 133 Å². The molecule has 1 unspecified atom stereocenters. The first-order chi connectivity index (χ1) is 11.0. The van der Waals surface area contributed by atoms with E-state index in [1.54, 1.807) is 6.92 Å². The van der Waals surface area contributed by atoms with Gasteiger partial charge in [0.2, 0.25) is 5.89 Å². The summed E-state index contributed by atoms with van der Waals surface area (Å²) in [6.07, 6.45) is -0.312. The van der Waals surface area contributed by atoms with E-state index in [0.717, 1.165) is 6.07 Å². The average molecular weight is 323 g/mol. The molecule has 8 heteroatoms. The normalized spacial score (nSPS) is 12.0. The molecule has 1 heterocycles. The number of hydrogen-bond acceptors (Lipinski definition) is 6. The fraction of sp³-hybridized carbons (Fsp3) is 0.400. The number of methoxy groups -OCH3 is 2. The van der Waals surface area contributed by atoms with Crippen molar-refractivity contribution >= 4 is 5.91 Å². The second-order valence-electron chi connectivity index (χ2n) is 4.93. The van der Waals surface area contributed by atoms with Gasteiger partial charge in [-0.05, 0) is 19.1 Å². The number of hydrogen-bond donors (Lipinski definition) is 0. The maximum Gasteiger partial charge on any atom is 0.257 e. The van der Waals surface area contributed by atoms with E-state index in [9.17, 15) is 9.18 Å². The zero-order valence-corrected chi connectivity index (χ0v) is 13.4. The summed E-state index contributed by atoms with van der Waals surface area (Å²) in [5, 5.41) is 3.77. The minimum Gasteiger partial charge on any atom is -0.497 e. The first kappa shape index (κ1) is 16.9. The number of rotatable bonds is 6. The van der Waals surface area contributed by atoms with Crippen LogP contribution in [0.15, 0.2) is 22.7 Å². The van der Waals surface area contributed by atoms with Crippen LogP contribution < -0.4 is 4.74 Å². The summed E-state index contributed by atoms with van der Waals surface area (Å²) in [6, 6.07) is 4.06. The Morgan fingerprint density at radius 3 is 2.78 bits per heavy atom. The van der Waals surface area contributed by atoms with Gasteiger partial charge in [-0.1, -0.05) is 5.16 Å². The summed E-state index contributed by atoms with van der Waals surface area (Å²) in [5.74, 6) is -0.172. The zero-order chi connectivity index (χ0) is 17.0. The van der Waals surface area contributed by atoms with Gasteiger partial charge in [0.25, 0.3) is 5.91 Å². The standard InChI is InChI=1S/C15H18FN3O4/c1-9(21-3)14-17-13(23-18-14)8-19(2)15(20)11-6-5-10(22-4)7-12(11)16/h5-7,9H,8H2,1-4H3. The van der Waals surface area contributed by atoms with Gasteiger partial charge < -0.3 is 18.9 Å². The predicted molar refractivity (Wildman–Crippen MR) is 78.5 cm³/mol. The molecule has 0 radical (unpaired) electrons. The summed E-state index contributed by atoms with van der Waals surface area (Å²) in [4.78, 5) is 17.7. The molecule has 124 valence electrons. The summed E-state index contributed by atoms with van der Waals surface area (Å²) < 4.78 is 29.0. The number of ether oxygens (including phenoxy) is 2. The highest BCUT2D eigenvalue weighted by Crippen LogP contribution is 2.18. The SMILES string of the molecule is COc1ccc(C(=O)N(C)Cc2nc(C(C)OC)no2)c(F)c1. The fourth-order valence-corrected chi connectivity index (χ4v) is 1.88. The lowest BCUT2D eigenvalue weighted by atomic mass is 10.2. The van der Waals surface area contributed by atoms with Crippen molar-refractivity contribution in [3.63, 3.8) is 0 Å². The molecule has 1 aromatic carbocycles. The molecule has 2 rings (SSSR count). The highest BCUT2D eigenvalue weighted by Gasteiger charge is 2.20. The van der Waals surface area contributed by atoms with Crippen molar-refractivity contribution in [3.05, 3.63) is 41.3 Å². The molecule has 7 nitrogen and oxygen atoms in total. The Morgan fingerprint density at radius 1 is 1.43 bits per heavy atom. The van der Waals surface area contributed by atoms with Crippen LogP contribution >= 0.6 is 0 Å². The molecule has 0 bridgehead atoms. The molecular formula is C15H18FN3O4. The smallest absolute Gasteiger partial charge is 0.257 e. The third kappa shape index (κ3) is 3.84. The van der Waals surface area contributed by atoms with Crippen molar-refractivity contribution in [2.75, 3.05) is 21.3 Å². The Hall–Kier alpha value is -2.48. The molecule has 23 heavy (non-hydrogen) atoms. The molecule has 0 fully saturated rings. The maximum atomic E-state index is 13.9. The van der Waals surface area contributed by atoms with Crippen molar-refractivity contribution in [2.24, 2.45) is 0 Å². The largest absolute Gasteiger partial charge is 0.497 e. The van der Waals surface area contributed by atoms with Crippen LogP contribution in [-0.4, -0.2) is 42.2 Å². The van der Waals surface area contributed by atoms with Gasteiger partial charge in [-0.2, -0.15) is 4.98 Å². The minimum absolute atomic E-state index is 0.0571. The van der Waals surface area contributed by atoms with Crippen molar-refractivity contribution in [1.29, 1.82) is 0 Å². The fourth-order valence-electron chi connectivity index (χ4n) is 1.88. The number of aromatic nitrogens is 2. The molecule has 0 N–H and O–H groups in total. The average Bonchev–Trinajstić information content (AvgIpc) is 3.01. The van der Waals surface area contributed by atoms with Crippen LogP contribution in [0.1, 0.15) is 35.1 Å². The van der Waals surface area contributed by atoms with Gasteiger partial charge >= 0.3 is 0 Å². The van der Waals surface area contributed by atoms with Gasteiger partial charge in [-0.25, -0.2) is 4.39 Å². The summed E-state index contributed by atoms with van der Waals surface area (Å²) in [7, 11) is 4.48. The third-order valence-corrected chi connectivity index (χ3v) is 3.33. The molecule has 1 atom stereocenters. The van der Waals surface area contributed by atoms with Gasteiger partial charge in [-0.3, -0.25) is 4.79 Å². The predicted octanol–water partition coefficient (Wildman–Crippen LogP) is 2.20. The first-order valence-electron chi connectivity index (χ1n) is 6.90. The molecular weight excluding hydrogens is 305 g/mol. The lowest BCUT2D eigenvalue weighted by Crippen LogP contribution is -2.27. The van der Waals surface area contributed by atoms with Crippen LogP contribution in [0.4, 0.5) is 4.39 Å². The van der Waals surface area contributed by atoms with Crippen LogP contribution in [0.25, 0.3) is 0 Å². The number of carbonyl (C=O) groups excluding carboxylic acids is 1. The number of carbonyl (C=O) groups is 1. The van der Waals surface area contributed by atoms with E-state index < -0.39 is 11.7 Å². The molecule has 2 aromatic rings. The number of halogens is 1. The summed E-state index contributed by atoms with van der Waals surface area (Å²) >= 11 is 0. The first-order valence-corrected chi connectivity index (χ1v) is 6.90. The topological polar surface area (TPSA) is 77.7 Å². The van der Waals surface area contributed by atoms with Crippen molar-refractivity contribution in [1.82, 2.24) is 15.0 Å². The van der Waals surface area contributed by atoms with Crippen LogP contribution in [-0.2, 0) is 11.3 Å².